The van der Waals surface area contributed by atoms with Crippen LogP contribution in [-0.2, 0) is 24.6 Å². The van der Waals surface area contributed by atoms with Gasteiger partial charge in [-0.05, 0) is 134 Å². The molecule has 3 aromatic carbocycles. The highest BCUT2D eigenvalue weighted by Crippen LogP contribution is 2.50. The maximum atomic E-state index is 15.3. The summed E-state index contributed by atoms with van der Waals surface area (Å²) in [6, 6.07) is 11.2. The van der Waals surface area contributed by atoms with Gasteiger partial charge in [0.2, 0.25) is 17.7 Å². The normalized spacial score (nSPS) is 20.5. The smallest absolute Gasteiger partial charge is 0.301 e. The van der Waals surface area contributed by atoms with E-state index in [9.17, 15) is 32.9 Å². The maximum absolute atomic E-state index is 15.3. The molecular weight excluding hydrogens is 929 g/mol. The van der Waals surface area contributed by atoms with Crippen molar-refractivity contribution in [3.05, 3.63) is 86.4 Å². The number of imide groups is 1. The second-order valence-corrected chi connectivity index (χ2v) is 20.0. The molecular formula is C45H50BrF2N9O7S. The fourth-order valence-corrected chi connectivity index (χ4v) is 11.2. The molecule has 16 nitrogen and oxygen atoms in total. The van der Waals surface area contributed by atoms with E-state index in [-0.39, 0.29) is 80.4 Å². The lowest BCUT2D eigenvalue weighted by Gasteiger charge is -2.40. The fourth-order valence-electron chi connectivity index (χ4n) is 9.63. The molecule has 1 aliphatic carbocycles. The van der Waals surface area contributed by atoms with Crippen LogP contribution in [0.2, 0.25) is 0 Å². The highest BCUT2D eigenvalue weighted by molar-refractivity contribution is 9.10. The molecule has 1 aromatic heterocycles. The van der Waals surface area contributed by atoms with Crippen LogP contribution in [0.5, 0.6) is 11.5 Å². The van der Waals surface area contributed by atoms with Crippen molar-refractivity contribution in [3.63, 3.8) is 0 Å². The van der Waals surface area contributed by atoms with E-state index in [0.29, 0.717) is 68.8 Å². The van der Waals surface area contributed by atoms with Crippen molar-refractivity contribution in [2.24, 2.45) is 5.41 Å². The van der Waals surface area contributed by atoms with E-state index in [1.165, 1.54) is 19.2 Å². The Morgan fingerprint density at radius 3 is 2.48 bits per heavy atom. The van der Waals surface area contributed by atoms with Gasteiger partial charge < -0.3 is 15.0 Å². The van der Waals surface area contributed by atoms with Gasteiger partial charge in [-0.15, -0.1) is 0 Å². The van der Waals surface area contributed by atoms with E-state index in [0.717, 1.165) is 48.5 Å². The van der Waals surface area contributed by atoms with Crippen molar-refractivity contribution in [1.29, 1.82) is 5.26 Å². The molecule has 8 rings (SSSR count). The van der Waals surface area contributed by atoms with E-state index >= 15 is 8.78 Å². The number of ether oxygens (including phenoxy) is 1. The van der Waals surface area contributed by atoms with Crippen molar-refractivity contribution >= 4 is 66.1 Å². The Hall–Kier alpha value is -5.49. The zero-order valence-corrected chi connectivity index (χ0v) is 38.4. The number of carbonyl (C=O) groups is 3. The number of hydrogen-bond donors (Lipinski definition) is 3. The predicted octanol–water partition coefficient (Wildman–Crippen LogP) is 6.14. The summed E-state index contributed by atoms with van der Waals surface area (Å²) >= 11 is 3.48. The Bertz CT molecular complexity index is 2750. The number of nitriles is 1. The zero-order chi connectivity index (χ0) is 46.2. The molecule has 0 bridgehead atoms. The largest absolute Gasteiger partial charge is 0.452 e. The standard InChI is InChI=1S/C45H50BrF2N9O7S/c1-3-54(2)65(62,63)53-34-7-6-32(47)42(31(34)24-49)64-37-10-8-35-40(41(37)46)44(61)57(26-50-35)29-12-15-45(23-29)16-20-56(21-17-45)39(59)25-55-18-13-27(14-19-55)30-5-4-28(22-33(30)48)51-36-9-11-38(58)52-43(36)60/h4-8,10,22,26-27,29,36,51,53H,3,9,11-21,23,25H2,1-2H3,(H,52,58,60). The summed E-state index contributed by atoms with van der Waals surface area (Å²) in [6.45, 7) is 4.64. The molecule has 20 heteroatoms. The summed E-state index contributed by atoms with van der Waals surface area (Å²) in [5.41, 5.74) is 0.563. The second kappa shape index (κ2) is 18.8. The van der Waals surface area contributed by atoms with Crippen LogP contribution >= 0.6 is 15.9 Å². The van der Waals surface area contributed by atoms with Gasteiger partial charge in [0, 0.05) is 44.8 Å². The molecule has 3 saturated heterocycles. The van der Waals surface area contributed by atoms with Gasteiger partial charge in [0.15, 0.2) is 11.6 Å². The lowest BCUT2D eigenvalue weighted by molar-refractivity contribution is -0.135. The first-order valence-corrected chi connectivity index (χ1v) is 24.1. The monoisotopic (exact) mass is 977 g/mol. The second-order valence-electron chi connectivity index (χ2n) is 17.5. The highest BCUT2D eigenvalue weighted by Gasteiger charge is 2.43. The lowest BCUT2D eigenvalue weighted by Crippen LogP contribution is -2.47. The Morgan fingerprint density at radius 1 is 1.03 bits per heavy atom. The van der Waals surface area contributed by atoms with Gasteiger partial charge in [-0.1, -0.05) is 13.0 Å². The van der Waals surface area contributed by atoms with Gasteiger partial charge in [0.05, 0.1) is 33.9 Å². The number of likely N-dealkylation sites (tertiary alicyclic amines) is 2. The number of rotatable bonds is 12. The summed E-state index contributed by atoms with van der Waals surface area (Å²) in [5.74, 6) is -2.38. The molecule has 4 heterocycles. The number of nitrogens with one attached hydrogen (secondary N) is 3. The third kappa shape index (κ3) is 9.60. The predicted molar refractivity (Wildman–Crippen MR) is 241 cm³/mol. The lowest BCUT2D eigenvalue weighted by atomic mass is 9.77. The van der Waals surface area contributed by atoms with E-state index in [4.69, 9.17) is 4.74 Å². The quantitative estimate of drug-likeness (QED) is 0.138. The number of piperidine rings is 3. The number of hydrogen-bond acceptors (Lipinski definition) is 11. The number of aromatic nitrogens is 2. The van der Waals surface area contributed by atoms with E-state index < -0.39 is 33.7 Å². The minimum Gasteiger partial charge on any atom is -0.452 e. The number of carbonyl (C=O) groups excluding carboxylic acids is 3. The molecule has 4 fully saturated rings. The van der Waals surface area contributed by atoms with E-state index in [2.05, 4.69) is 41.2 Å². The molecule has 4 aliphatic rings. The van der Waals surface area contributed by atoms with Crippen LogP contribution in [0.3, 0.4) is 0 Å². The van der Waals surface area contributed by atoms with Crippen molar-refractivity contribution in [3.8, 4) is 17.6 Å². The maximum Gasteiger partial charge on any atom is 0.301 e. The van der Waals surface area contributed by atoms with Gasteiger partial charge in [-0.2, -0.15) is 18.0 Å². The van der Waals surface area contributed by atoms with E-state index in [1.54, 1.807) is 36.0 Å². The molecule has 1 saturated carbocycles. The van der Waals surface area contributed by atoms with Gasteiger partial charge in [0.25, 0.3) is 5.56 Å². The first-order valence-electron chi connectivity index (χ1n) is 21.8. The van der Waals surface area contributed by atoms with Crippen LogP contribution in [-0.4, -0.2) is 102 Å². The third-order valence-corrected chi connectivity index (χ3v) is 15.9. The van der Waals surface area contributed by atoms with Crippen LogP contribution in [0.1, 0.15) is 87.8 Å². The van der Waals surface area contributed by atoms with Crippen molar-refractivity contribution in [2.75, 3.05) is 56.4 Å². The molecule has 344 valence electrons. The summed E-state index contributed by atoms with van der Waals surface area (Å²) in [4.78, 5) is 60.0. The average Bonchev–Trinajstić information content (AvgIpc) is 3.69. The number of halogens is 3. The molecule has 1 spiro atoms. The summed E-state index contributed by atoms with van der Waals surface area (Å²) in [7, 11) is -2.68. The summed E-state index contributed by atoms with van der Waals surface area (Å²) in [6.07, 6.45) is 7.52. The number of anilines is 2. The van der Waals surface area contributed by atoms with Crippen LogP contribution in [0.25, 0.3) is 10.9 Å². The van der Waals surface area contributed by atoms with Crippen LogP contribution < -0.4 is 25.7 Å². The fraction of sp³-hybridized carbons (Fsp3) is 0.467. The minimum absolute atomic E-state index is 0.00789. The van der Waals surface area contributed by atoms with Crippen molar-refractivity contribution in [1.82, 2.24) is 29.0 Å². The Kier molecular flexibility index (Phi) is 13.3. The van der Waals surface area contributed by atoms with Crippen molar-refractivity contribution in [2.45, 2.75) is 82.7 Å². The number of fused-ring (bicyclic) bond motifs is 1. The topological polar surface area (TPSA) is 199 Å². The molecule has 3 N–H and O–H groups in total. The SMILES string of the molecule is CCN(C)S(=O)(=O)Nc1ccc(F)c(Oc2ccc3ncn(C4CCC5(CCN(C(=O)CN6CCC(c7ccc(NC8CCC(=O)NC8=O)cc7F)CC6)CC5)C4)c(=O)c3c2Br)c1C#N. The van der Waals surface area contributed by atoms with Crippen LogP contribution in [0.4, 0.5) is 20.2 Å². The highest BCUT2D eigenvalue weighted by atomic mass is 79.9. The number of amides is 3. The van der Waals surface area contributed by atoms with Gasteiger partial charge in [-0.3, -0.25) is 38.7 Å². The minimum atomic E-state index is -4.04. The molecule has 3 amide bonds. The first kappa shape index (κ1) is 46.1. The number of benzene rings is 3. The molecule has 0 radical (unpaired) electrons. The van der Waals surface area contributed by atoms with Crippen molar-refractivity contribution < 1.29 is 36.3 Å². The van der Waals surface area contributed by atoms with Gasteiger partial charge in [0.1, 0.15) is 29.2 Å². The molecule has 65 heavy (non-hydrogen) atoms. The molecule has 2 atom stereocenters. The molecule has 4 aromatic rings. The summed E-state index contributed by atoms with van der Waals surface area (Å²) in [5, 5.41) is 15.5. The van der Waals surface area contributed by atoms with E-state index in [1.807, 2.05) is 11.0 Å². The Morgan fingerprint density at radius 2 is 1.78 bits per heavy atom. The van der Waals surface area contributed by atoms with Crippen LogP contribution in [0, 0.1) is 28.4 Å². The molecule has 3 aliphatic heterocycles. The van der Waals surface area contributed by atoms with Crippen LogP contribution in [0.15, 0.2) is 58.1 Å². The number of nitrogens with zero attached hydrogens (tertiary/aromatic N) is 6. The first-order chi connectivity index (χ1) is 31.1. The molecule has 2 unspecified atom stereocenters. The third-order valence-electron chi connectivity index (χ3n) is 13.6. The summed E-state index contributed by atoms with van der Waals surface area (Å²) < 4.78 is 67.1. The average molecular weight is 979 g/mol. The van der Waals surface area contributed by atoms with Gasteiger partial charge >= 0.3 is 10.2 Å². The Balaban J connectivity index is 0.862. The zero-order valence-electron chi connectivity index (χ0n) is 36.0. The Labute approximate surface area is 383 Å². The van der Waals surface area contributed by atoms with Gasteiger partial charge in [-0.25, -0.2) is 13.8 Å².